The van der Waals surface area contributed by atoms with E-state index < -0.39 is 5.54 Å². The number of ether oxygens (including phenoxy) is 1. The van der Waals surface area contributed by atoms with Crippen molar-refractivity contribution in [2.45, 2.75) is 19.0 Å². The molecule has 2 N–H and O–H groups in total. The maximum atomic E-state index is 11.7. The van der Waals surface area contributed by atoms with E-state index in [4.69, 9.17) is 10.5 Å². The maximum absolute atomic E-state index is 11.7. The molecule has 0 saturated carbocycles. The second kappa shape index (κ2) is 4.66. The molecule has 0 radical (unpaired) electrons. The van der Waals surface area contributed by atoms with Crippen LogP contribution in [0.15, 0.2) is 28.7 Å². The molecule has 2 rings (SSSR count). The second-order valence-electron chi connectivity index (χ2n) is 4.47. The molecule has 0 aliphatic carbocycles. The first-order valence-electron chi connectivity index (χ1n) is 5.44. The van der Waals surface area contributed by atoms with Gasteiger partial charge in [-0.15, -0.1) is 0 Å². The molecule has 1 heterocycles. The Hall–Kier alpha value is -1.07. The third kappa shape index (κ3) is 2.45. The Morgan fingerprint density at radius 3 is 2.71 bits per heavy atom. The number of carbonyl (C=O) groups is 1. The molecule has 4 nitrogen and oxygen atoms in total. The van der Waals surface area contributed by atoms with Crippen molar-refractivity contribution in [1.82, 2.24) is 4.90 Å². The zero-order valence-corrected chi connectivity index (χ0v) is 11.2. The van der Waals surface area contributed by atoms with Crippen LogP contribution < -0.4 is 5.73 Å². The maximum Gasteiger partial charge on any atom is 0.410 e. The highest BCUT2D eigenvalue weighted by atomic mass is 79.9. The van der Waals surface area contributed by atoms with Gasteiger partial charge < -0.3 is 10.5 Å². The molecule has 1 aromatic rings. The number of nitrogens with zero attached hydrogens (tertiary/aromatic N) is 1. The molecule has 0 aromatic heterocycles. The van der Waals surface area contributed by atoms with Crippen molar-refractivity contribution in [2.75, 3.05) is 13.2 Å². The number of rotatable bonds is 3. The smallest absolute Gasteiger partial charge is 0.410 e. The van der Waals surface area contributed by atoms with Gasteiger partial charge in [0, 0.05) is 17.6 Å². The van der Waals surface area contributed by atoms with E-state index in [-0.39, 0.29) is 6.09 Å². The van der Waals surface area contributed by atoms with Gasteiger partial charge in [0.05, 0.1) is 5.54 Å². The molecular formula is C12H15BrN2O2. The van der Waals surface area contributed by atoms with Crippen LogP contribution in [0.25, 0.3) is 0 Å². The standard InChI is InChI=1S/C12H15BrN2O2/c1-12(7-14)8-17-11(16)15(12)6-9-2-4-10(13)5-3-9/h2-5H,6-8,14H2,1H3. The minimum Gasteiger partial charge on any atom is -0.447 e. The predicted molar refractivity (Wildman–Crippen MR) is 68.5 cm³/mol. The van der Waals surface area contributed by atoms with Gasteiger partial charge in [-0.25, -0.2) is 4.79 Å². The van der Waals surface area contributed by atoms with Crippen molar-refractivity contribution in [1.29, 1.82) is 0 Å². The number of hydrogen-bond acceptors (Lipinski definition) is 3. The van der Waals surface area contributed by atoms with Gasteiger partial charge in [0.2, 0.25) is 0 Å². The molecule has 5 heteroatoms. The Balaban J connectivity index is 2.16. The van der Waals surface area contributed by atoms with E-state index in [2.05, 4.69) is 15.9 Å². The van der Waals surface area contributed by atoms with Crippen LogP contribution in [0.3, 0.4) is 0 Å². The topological polar surface area (TPSA) is 55.6 Å². The number of benzene rings is 1. The molecule has 1 saturated heterocycles. The van der Waals surface area contributed by atoms with E-state index in [0.29, 0.717) is 19.7 Å². The second-order valence-corrected chi connectivity index (χ2v) is 5.38. The fourth-order valence-corrected chi connectivity index (χ4v) is 2.05. The highest BCUT2D eigenvalue weighted by Crippen LogP contribution is 2.25. The van der Waals surface area contributed by atoms with E-state index in [9.17, 15) is 4.79 Å². The summed E-state index contributed by atoms with van der Waals surface area (Å²) in [5.74, 6) is 0. The van der Waals surface area contributed by atoms with Gasteiger partial charge in [0.1, 0.15) is 6.61 Å². The van der Waals surface area contributed by atoms with Crippen LogP contribution in [-0.2, 0) is 11.3 Å². The fourth-order valence-electron chi connectivity index (χ4n) is 1.79. The average Bonchev–Trinajstić information content (AvgIpc) is 2.61. The molecule has 92 valence electrons. The highest BCUT2D eigenvalue weighted by molar-refractivity contribution is 9.10. The van der Waals surface area contributed by atoms with Crippen LogP contribution in [-0.4, -0.2) is 29.7 Å². The third-order valence-electron chi connectivity index (χ3n) is 3.07. The number of halogens is 1. The van der Waals surface area contributed by atoms with Gasteiger partial charge in [-0.2, -0.15) is 0 Å². The monoisotopic (exact) mass is 298 g/mol. The number of cyclic esters (lactones) is 1. The van der Waals surface area contributed by atoms with Gasteiger partial charge in [-0.05, 0) is 24.6 Å². The molecule has 0 spiro atoms. The summed E-state index contributed by atoms with van der Waals surface area (Å²) >= 11 is 3.38. The lowest BCUT2D eigenvalue weighted by Gasteiger charge is -2.30. The van der Waals surface area contributed by atoms with Gasteiger partial charge in [-0.1, -0.05) is 28.1 Å². The van der Waals surface area contributed by atoms with Crippen molar-refractivity contribution in [3.63, 3.8) is 0 Å². The van der Waals surface area contributed by atoms with Crippen LogP contribution in [0, 0.1) is 0 Å². The Morgan fingerprint density at radius 1 is 1.47 bits per heavy atom. The molecule has 0 bridgehead atoms. The SMILES string of the molecule is CC1(CN)COC(=O)N1Cc1ccc(Br)cc1. The Kier molecular flexibility index (Phi) is 3.40. The zero-order valence-electron chi connectivity index (χ0n) is 9.65. The Morgan fingerprint density at radius 2 is 2.12 bits per heavy atom. The van der Waals surface area contributed by atoms with Crippen molar-refractivity contribution in [3.8, 4) is 0 Å². The molecule has 1 atom stereocenters. The van der Waals surface area contributed by atoms with E-state index in [0.717, 1.165) is 10.0 Å². The summed E-state index contributed by atoms with van der Waals surface area (Å²) in [6.07, 6.45) is -0.291. The normalized spacial score (nSPS) is 23.9. The van der Waals surface area contributed by atoms with E-state index in [1.165, 1.54) is 0 Å². The lowest BCUT2D eigenvalue weighted by atomic mass is 10.0. The summed E-state index contributed by atoms with van der Waals surface area (Å²) < 4.78 is 6.09. The van der Waals surface area contributed by atoms with Crippen molar-refractivity contribution >= 4 is 22.0 Å². The largest absolute Gasteiger partial charge is 0.447 e. The molecule has 1 aliphatic rings. The van der Waals surface area contributed by atoms with E-state index >= 15 is 0 Å². The minimum absolute atomic E-state index is 0.291. The highest BCUT2D eigenvalue weighted by Gasteiger charge is 2.42. The van der Waals surface area contributed by atoms with Crippen LogP contribution in [0.1, 0.15) is 12.5 Å². The Bertz CT molecular complexity index is 421. The lowest BCUT2D eigenvalue weighted by molar-refractivity contribution is 0.151. The van der Waals surface area contributed by atoms with Crippen LogP contribution in [0.4, 0.5) is 4.79 Å². The number of hydrogen-bond donors (Lipinski definition) is 1. The molecule has 1 aromatic carbocycles. The van der Waals surface area contributed by atoms with Gasteiger partial charge >= 0.3 is 6.09 Å². The zero-order chi connectivity index (χ0) is 12.5. The minimum atomic E-state index is -0.399. The molecule has 1 fully saturated rings. The number of carbonyl (C=O) groups excluding carboxylic acids is 1. The van der Waals surface area contributed by atoms with Gasteiger partial charge in [0.25, 0.3) is 0 Å². The molecule has 1 amide bonds. The van der Waals surface area contributed by atoms with E-state index in [1.807, 2.05) is 31.2 Å². The van der Waals surface area contributed by atoms with Crippen LogP contribution >= 0.6 is 15.9 Å². The summed E-state index contributed by atoms with van der Waals surface area (Å²) in [4.78, 5) is 13.3. The van der Waals surface area contributed by atoms with E-state index in [1.54, 1.807) is 4.90 Å². The van der Waals surface area contributed by atoms with Crippen molar-refractivity contribution in [2.24, 2.45) is 5.73 Å². The summed E-state index contributed by atoms with van der Waals surface area (Å²) in [5, 5.41) is 0. The molecule has 17 heavy (non-hydrogen) atoms. The molecule has 1 unspecified atom stereocenters. The Labute approximate surface area is 109 Å². The molecule has 1 aliphatic heterocycles. The average molecular weight is 299 g/mol. The van der Waals surface area contributed by atoms with Crippen LogP contribution in [0.2, 0.25) is 0 Å². The summed E-state index contributed by atoms with van der Waals surface area (Å²) in [5.41, 5.74) is 6.38. The number of nitrogens with two attached hydrogens (primary N) is 1. The predicted octanol–water partition coefficient (Wildman–Crippen LogP) is 2.12. The first kappa shape index (κ1) is 12.4. The quantitative estimate of drug-likeness (QED) is 0.930. The lowest BCUT2D eigenvalue weighted by Crippen LogP contribution is -2.49. The van der Waals surface area contributed by atoms with Crippen molar-refractivity contribution < 1.29 is 9.53 Å². The van der Waals surface area contributed by atoms with Gasteiger partial charge in [-0.3, -0.25) is 4.90 Å². The first-order chi connectivity index (χ1) is 8.05. The van der Waals surface area contributed by atoms with Crippen LogP contribution in [0.5, 0.6) is 0 Å². The summed E-state index contributed by atoms with van der Waals surface area (Å²) in [6, 6.07) is 7.87. The van der Waals surface area contributed by atoms with Crippen molar-refractivity contribution in [3.05, 3.63) is 34.3 Å². The fraction of sp³-hybridized carbons (Fsp3) is 0.417. The first-order valence-corrected chi connectivity index (χ1v) is 6.23. The summed E-state index contributed by atoms with van der Waals surface area (Å²) in [7, 11) is 0. The molecular weight excluding hydrogens is 284 g/mol. The summed E-state index contributed by atoms with van der Waals surface area (Å²) in [6.45, 7) is 3.23. The van der Waals surface area contributed by atoms with Gasteiger partial charge in [0.15, 0.2) is 0 Å². The number of amides is 1. The third-order valence-corrected chi connectivity index (χ3v) is 3.60.